The third kappa shape index (κ3) is 9.76. The molecule has 0 saturated heterocycles. The van der Waals surface area contributed by atoms with E-state index in [0.29, 0.717) is 23.5 Å². The summed E-state index contributed by atoms with van der Waals surface area (Å²) in [6.45, 7) is 3.36. The zero-order valence-electron chi connectivity index (χ0n) is 20.5. The van der Waals surface area contributed by atoms with E-state index in [1.807, 2.05) is 6.92 Å². The fourth-order valence-electron chi connectivity index (χ4n) is 2.77. The molecule has 3 rings (SSSR count). The first-order valence-corrected chi connectivity index (χ1v) is 12.3. The zero-order valence-corrected chi connectivity index (χ0v) is 23.3. The van der Waals surface area contributed by atoms with E-state index in [4.69, 9.17) is 4.74 Å². The summed E-state index contributed by atoms with van der Waals surface area (Å²) in [6.07, 6.45) is 0.0781. The number of ether oxygens (including phenoxy) is 1. The smallest absolute Gasteiger partial charge is 0.862 e. The van der Waals surface area contributed by atoms with Gasteiger partial charge < -0.3 is 14.9 Å². The van der Waals surface area contributed by atoms with Crippen molar-refractivity contribution in [2.24, 2.45) is 25.4 Å². The van der Waals surface area contributed by atoms with Crippen molar-refractivity contribution < 1.29 is 57.5 Å². The van der Waals surface area contributed by atoms with E-state index < -0.39 is 22.1 Å². The second kappa shape index (κ2) is 14.1. The first-order chi connectivity index (χ1) is 17.1. The first-order valence-electron chi connectivity index (χ1n) is 10.8. The minimum absolute atomic E-state index is 0. The Kier molecular flexibility index (Phi) is 11.5. The van der Waals surface area contributed by atoms with Gasteiger partial charge in [-0.3, -0.25) is 9.55 Å². The summed E-state index contributed by atoms with van der Waals surface area (Å²) >= 11 is 0. The standard InChI is InChI=1S/C24H25N5O6S.Na/c1-3-20(31)15-35-21-10-7-17(8-11-21)26-27-19-9-12-23(24(14-19)25-16(2)30)29-28-18-5-4-6-22(13-18)36(32,33)34;/h4-14,20,31H,3,15H2,1-2H3,(H,25,30)(H,32,33,34);/q;+1/p-1. The molecule has 13 heteroatoms. The molecule has 0 radical (unpaired) electrons. The average Bonchev–Trinajstić information content (AvgIpc) is 2.85. The molecule has 0 aliphatic carbocycles. The molecule has 0 aliphatic rings. The summed E-state index contributed by atoms with van der Waals surface area (Å²) in [7, 11) is -4.38. The van der Waals surface area contributed by atoms with Gasteiger partial charge in [0.25, 0.3) is 10.1 Å². The van der Waals surface area contributed by atoms with Gasteiger partial charge in [-0.1, -0.05) is 13.0 Å². The van der Waals surface area contributed by atoms with Gasteiger partial charge in [0.05, 0.1) is 33.7 Å². The quantitative estimate of drug-likeness (QED) is 0.133. The summed E-state index contributed by atoms with van der Waals surface area (Å²) in [5, 5.41) is 37.6. The molecule has 11 nitrogen and oxygen atoms in total. The Hall–Kier alpha value is -3.00. The van der Waals surface area contributed by atoms with E-state index in [0.717, 1.165) is 6.07 Å². The fourth-order valence-corrected chi connectivity index (χ4v) is 3.29. The minimum Gasteiger partial charge on any atom is -0.862 e. The molecule has 0 aliphatic heterocycles. The third-order valence-corrected chi connectivity index (χ3v) is 5.51. The molecule has 0 fully saturated rings. The molecule has 3 aromatic rings. The molecule has 0 spiro atoms. The second-order valence-corrected chi connectivity index (χ2v) is 8.96. The maximum absolute atomic E-state index is 11.6. The fraction of sp³-hybridized carbons (Fsp3) is 0.208. The van der Waals surface area contributed by atoms with Crippen LogP contribution in [0.5, 0.6) is 5.75 Å². The van der Waals surface area contributed by atoms with E-state index in [1.54, 1.807) is 36.4 Å². The number of aliphatic imine (C=N–C) groups is 1. The Morgan fingerprint density at radius 2 is 1.54 bits per heavy atom. The van der Waals surface area contributed by atoms with Crippen LogP contribution in [0.25, 0.3) is 0 Å². The van der Waals surface area contributed by atoms with Crippen LogP contribution >= 0.6 is 0 Å². The van der Waals surface area contributed by atoms with Crippen molar-refractivity contribution in [2.45, 2.75) is 31.3 Å². The molecule has 188 valence electrons. The number of aliphatic hydroxyl groups excluding tert-OH is 1. The van der Waals surface area contributed by atoms with E-state index >= 15 is 0 Å². The number of benzene rings is 3. The summed E-state index contributed by atoms with van der Waals surface area (Å²) in [6, 6.07) is 16.8. The molecule has 37 heavy (non-hydrogen) atoms. The van der Waals surface area contributed by atoms with Crippen LogP contribution in [0.15, 0.2) is 97.1 Å². The predicted octanol–water partition coefficient (Wildman–Crippen LogP) is 2.33. The Morgan fingerprint density at radius 1 is 0.919 bits per heavy atom. The maximum Gasteiger partial charge on any atom is 1.00 e. The van der Waals surface area contributed by atoms with Crippen molar-refractivity contribution in [3.63, 3.8) is 0 Å². The van der Waals surface area contributed by atoms with Crippen LogP contribution in [-0.2, 0) is 10.1 Å². The van der Waals surface area contributed by atoms with E-state index in [-0.39, 0.29) is 58.1 Å². The van der Waals surface area contributed by atoms with E-state index in [9.17, 15) is 23.2 Å². The molecule has 1 unspecified atom stereocenters. The third-order valence-electron chi connectivity index (χ3n) is 4.66. The van der Waals surface area contributed by atoms with Crippen LogP contribution in [0.4, 0.5) is 28.4 Å². The van der Waals surface area contributed by atoms with Gasteiger partial charge in [0, 0.05) is 0 Å². The van der Waals surface area contributed by atoms with Crippen molar-refractivity contribution in [3.05, 3.63) is 66.7 Å². The Balaban J connectivity index is 0.00000481. The van der Waals surface area contributed by atoms with Gasteiger partial charge in [0.2, 0.25) is 0 Å². The Morgan fingerprint density at radius 3 is 2.19 bits per heavy atom. The maximum atomic E-state index is 11.6. The van der Waals surface area contributed by atoms with Gasteiger partial charge in [-0.15, -0.1) is 5.11 Å². The molecule has 1 atom stereocenters. The largest absolute Gasteiger partial charge is 1.00 e. The normalized spacial score (nSPS) is 13.0. The van der Waals surface area contributed by atoms with Gasteiger partial charge in [-0.25, -0.2) is 0 Å². The Labute approximate surface area is 236 Å². The topological polar surface area (TPSA) is 169 Å². The zero-order chi connectivity index (χ0) is 26.1. The van der Waals surface area contributed by atoms with E-state index in [1.165, 1.54) is 31.2 Å². The number of nitrogens with zero attached hydrogens (tertiary/aromatic N) is 5. The predicted molar refractivity (Wildman–Crippen MR) is 132 cm³/mol. The van der Waals surface area contributed by atoms with Crippen LogP contribution in [0, 0.1) is 0 Å². The second-order valence-electron chi connectivity index (χ2n) is 7.54. The molecule has 0 bridgehead atoms. The molecule has 0 amide bonds. The number of aliphatic hydroxyl groups is 1. The summed E-state index contributed by atoms with van der Waals surface area (Å²) < 4.78 is 37.3. The van der Waals surface area contributed by atoms with Crippen molar-refractivity contribution in [1.29, 1.82) is 0 Å². The van der Waals surface area contributed by atoms with Crippen LogP contribution in [0.1, 0.15) is 20.3 Å². The van der Waals surface area contributed by atoms with Crippen LogP contribution in [0.2, 0.25) is 0 Å². The molecule has 0 aromatic heterocycles. The molecule has 0 heterocycles. The van der Waals surface area contributed by atoms with Crippen molar-refractivity contribution in [3.8, 4) is 5.75 Å². The van der Waals surface area contributed by atoms with Gasteiger partial charge >= 0.3 is 29.6 Å². The van der Waals surface area contributed by atoms with Gasteiger partial charge in [0.15, 0.2) is 0 Å². The number of rotatable bonds is 10. The summed E-state index contributed by atoms with van der Waals surface area (Å²) in [5.41, 5.74) is 1.60. The Bertz CT molecular complexity index is 1390. The summed E-state index contributed by atoms with van der Waals surface area (Å²) in [4.78, 5) is 3.61. The minimum atomic E-state index is -4.38. The first kappa shape index (κ1) is 30.2. The molecular formula is C24H24N5NaO6S. The molecule has 3 aromatic carbocycles. The number of hydrogen-bond acceptors (Lipinski definition) is 10. The monoisotopic (exact) mass is 533 g/mol. The van der Waals surface area contributed by atoms with Gasteiger partial charge in [-0.2, -0.15) is 23.8 Å². The van der Waals surface area contributed by atoms with Gasteiger partial charge in [-0.05, 0) is 79.9 Å². The van der Waals surface area contributed by atoms with Gasteiger partial charge in [0.1, 0.15) is 18.0 Å². The van der Waals surface area contributed by atoms with Crippen LogP contribution in [0.3, 0.4) is 0 Å². The van der Waals surface area contributed by atoms with Crippen molar-refractivity contribution >= 4 is 44.5 Å². The van der Waals surface area contributed by atoms with E-state index in [2.05, 4.69) is 25.4 Å². The van der Waals surface area contributed by atoms with Crippen LogP contribution in [-0.4, -0.2) is 36.7 Å². The van der Waals surface area contributed by atoms with Crippen molar-refractivity contribution in [1.82, 2.24) is 0 Å². The number of hydrogen-bond donors (Lipinski definition) is 2. The summed E-state index contributed by atoms with van der Waals surface area (Å²) in [5.74, 6) is 0.138. The average molecular weight is 534 g/mol. The molecule has 2 N–H and O–H groups in total. The molecule has 0 saturated carbocycles. The molecular weight excluding hydrogens is 509 g/mol. The van der Waals surface area contributed by atoms with Crippen LogP contribution < -0.4 is 39.4 Å². The number of azo groups is 2. The SMILES string of the molecule is CCC(O)COc1ccc(N=Nc2ccc(N=Nc3cccc(S(=O)(=O)O)c3)c(N=C(C)[O-])c2)cc1.[Na+]. The van der Waals surface area contributed by atoms with Crippen molar-refractivity contribution in [2.75, 3.05) is 6.61 Å².